The fraction of sp³-hybridized carbons (Fsp3) is 0.429. The molecule has 2 rings (SSSR count). The highest BCUT2D eigenvalue weighted by atomic mass is 16.4. The number of aliphatic carboxylic acids is 1. The van der Waals surface area contributed by atoms with E-state index in [1.165, 1.54) is 0 Å². The maximum Gasteiger partial charge on any atom is 0.306 e. The molecule has 18 heavy (non-hydrogen) atoms. The van der Waals surface area contributed by atoms with E-state index in [-0.39, 0.29) is 11.8 Å². The van der Waals surface area contributed by atoms with Crippen LogP contribution >= 0.6 is 0 Å². The van der Waals surface area contributed by atoms with Gasteiger partial charge in [-0.1, -0.05) is 13.0 Å². The van der Waals surface area contributed by atoms with Crippen molar-refractivity contribution in [2.24, 2.45) is 11.8 Å². The van der Waals surface area contributed by atoms with Gasteiger partial charge < -0.3 is 10.0 Å². The van der Waals surface area contributed by atoms with Gasteiger partial charge in [0.05, 0.1) is 17.2 Å². The SMILES string of the molecule is Cc1ccc(N2CC(C(C)C(=O)O)C2)c(C#N)c1. The van der Waals surface area contributed by atoms with E-state index in [4.69, 9.17) is 10.4 Å². The van der Waals surface area contributed by atoms with Crippen LogP contribution in [0.2, 0.25) is 0 Å². The molecule has 0 radical (unpaired) electrons. The maximum absolute atomic E-state index is 10.9. The number of carboxylic acid groups (broad SMARTS) is 1. The molecule has 0 saturated carbocycles. The molecule has 1 aromatic rings. The van der Waals surface area contributed by atoms with E-state index < -0.39 is 5.97 Å². The molecule has 0 aliphatic carbocycles. The van der Waals surface area contributed by atoms with Crippen LogP contribution in [0.15, 0.2) is 18.2 Å². The van der Waals surface area contributed by atoms with Gasteiger partial charge in [-0.3, -0.25) is 4.79 Å². The van der Waals surface area contributed by atoms with Crippen LogP contribution in [-0.4, -0.2) is 24.2 Å². The molecule has 0 amide bonds. The van der Waals surface area contributed by atoms with Crippen molar-refractivity contribution in [3.63, 3.8) is 0 Å². The summed E-state index contributed by atoms with van der Waals surface area (Å²) < 4.78 is 0. The number of aryl methyl sites for hydroxylation is 1. The average molecular weight is 244 g/mol. The molecule has 1 atom stereocenters. The van der Waals surface area contributed by atoms with E-state index in [0.717, 1.165) is 11.3 Å². The Balaban J connectivity index is 2.09. The third kappa shape index (κ3) is 2.17. The first kappa shape index (κ1) is 12.4. The van der Waals surface area contributed by atoms with Crippen LogP contribution in [0.25, 0.3) is 0 Å². The largest absolute Gasteiger partial charge is 0.481 e. The number of benzene rings is 1. The molecule has 94 valence electrons. The summed E-state index contributed by atoms with van der Waals surface area (Å²) in [6, 6.07) is 7.98. The first-order valence-electron chi connectivity index (χ1n) is 6.01. The monoisotopic (exact) mass is 244 g/mol. The van der Waals surface area contributed by atoms with Gasteiger partial charge in [0.15, 0.2) is 0 Å². The van der Waals surface area contributed by atoms with Crippen molar-refractivity contribution >= 4 is 11.7 Å². The highest BCUT2D eigenvalue weighted by Crippen LogP contribution is 2.31. The summed E-state index contributed by atoms with van der Waals surface area (Å²) >= 11 is 0. The molecule has 1 saturated heterocycles. The van der Waals surface area contributed by atoms with Gasteiger partial charge in [-0.2, -0.15) is 5.26 Å². The van der Waals surface area contributed by atoms with Gasteiger partial charge in [-0.05, 0) is 24.6 Å². The quantitative estimate of drug-likeness (QED) is 0.883. The summed E-state index contributed by atoms with van der Waals surface area (Å²) in [7, 11) is 0. The van der Waals surface area contributed by atoms with Crippen molar-refractivity contribution in [1.82, 2.24) is 0 Å². The molecule has 1 unspecified atom stereocenters. The minimum atomic E-state index is -0.746. The van der Waals surface area contributed by atoms with E-state index in [9.17, 15) is 4.79 Å². The van der Waals surface area contributed by atoms with Crippen molar-refractivity contribution in [3.8, 4) is 6.07 Å². The highest BCUT2D eigenvalue weighted by Gasteiger charge is 2.35. The van der Waals surface area contributed by atoms with Crippen molar-refractivity contribution in [2.45, 2.75) is 13.8 Å². The molecular formula is C14H16N2O2. The van der Waals surface area contributed by atoms with Gasteiger partial charge in [0, 0.05) is 19.0 Å². The van der Waals surface area contributed by atoms with E-state index in [2.05, 4.69) is 11.0 Å². The molecule has 1 aliphatic heterocycles. The van der Waals surface area contributed by atoms with Crippen molar-refractivity contribution in [2.75, 3.05) is 18.0 Å². The molecule has 1 heterocycles. The summed E-state index contributed by atoms with van der Waals surface area (Å²) in [6.45, 7) is 5.12. The lowest BCUT2D eigenvalue weighted by atomic mass is 9.86. The second-order valence-corrected chi connectivity index (χ2v) is 4.92. The Hall–Kier alpha value is -2.02. The minimum absolute atomic E-state index is 0.176. The van der Waals surface area contributed by atoms with Crippen molar-refractivity contribution < 1.29 is 9.90 Å². The smallest absolute Gasteiger partial charge is 0.306 e. The highest BCUT2D eigenvalue weighted by molar-refractivity contribution is 5.71. The lowest BCUT2D eigenvalue weighted by Crippen LogP contribution is -2.51. The van der Waals surface area contributed by atoms with Crippen LogP contribution in [-0.2, 0) is 4.79 Å². The maximum atomic E-state index is 10.9. The molecule has 1 aromatic carbocycles. The molecule has 1 N–H and O–H groups in total. The molecule has 4 nitrogen and oxygen atoms in total. The van der Waals surface area contributed by atoms with Crippen LogP contribution in [0, 0.1) is 30.1 Å². The Morgan fingerprint density at radius 2 is 2.22 bits per heavy atom. The average Bonchev–Trinajstić information content (AvgIpc) is 2.28. The number of nitriles is 1. The van der Waals surface area contributed by atoms with E-state index in [1.54, 1.807) is 6.92 Å². The van der Waals surface area contributed by atoms with Gasteiger partial charge in [0.1, 0.15) is 6.07 Å². The van der Waals surface area contributed by atoms with Crippen LogP contribution in [0.4, 0.5) is 5.69 Å². The topological polar surface area (TPSA) is 64.3 Å². The number of carboxylic acids is 1. The zero-order chi connectivity index (χ0) is 13.3. The molecule has 1 fully saturated rings. The van der Waals surface area contributed by atoms with Gasteiger partial charge in [0.2, 0.25) is 0 Å². The van der Waals surface area contributed by atoms with E-state index in [0.29, 0.717) is 18.7 Å². The molecular weight excluding hydrogens is 228 g/mol. The van der Waals surface area contributed by atoms with Crippen molar-refractivity contribution in [1.29, 1.82) is 5.26 Å². The van der Waals surface area contributed by atoms with Crippen LogP contribution < -0.4 is 4.90 Å². The summed E-state index contributed by atoms with van der Waals surface area (Å²) in [5.74, 6) is -0.892. The third-order valence-corrected chi connectivity index (χ3v) is 3.62. The fourth-order valence-electron chi connectivity index (χ4n) is 2.24. The van der Waals surface area contributed by atoms with Crippen LogP contribution in [0.3, 0.4) is 0 Å². The van der Waals surface area contributed by atoms with Crippen molar-refractivity contribution in [3.05, 3.63) is 29.3 Å². The van der Waals surface area contributed by atoms with Gasteiger partial charge in [-0.15, -0.1) is 0 Å². The fourth-order valence-corrected chi connectivity index (χ4v) is 2.24. The Bertz CT molecular complexity index is 513. The zero-order valence-corrected chi connectivity index (χ0v) is 10.6. The zero-order valence-electron chi connectivity index (χ0n) is 10.6. The number of carbonyl (C=O) groups is 1. The van der Waals surface area contributed by atoms with Crippen LogP contribution in [0.1, 0.15) is 18.1 Å². The standard InChI is InChI=1S/C14H16N2O2/c1-9-3-4-13(11(5-9)6-15)16-7-12(8-16)10(2)14(17)18/h3-5,10,12H,7-8H2,1-2H3,(H,17,18). The van der Waals surface area contributed by atoms with Gasteiger partial charge in [-0.25, -0.2) is 0 Å². The predicted octanol–water partition coefficient (Wildman–Crippen LogP) is 2.02. The second kappa shape index (κ2) is 4.69. The predicted molar refractivity (Wildman–Crippen MR) is 68.4 cm³/mol. The molecule has 1 aliphatic rings. The Morgan fingerprint density at radius 3 is 2.78 bits per heavy atom. The molecule has 0 spiro atoms. The minimum Gasteiger partial charge on any atom is -0.481 e. The summed E-state index contributed by atoms with van der Waals surface area (Å²) in [6.07, 6.45) is 0. The lowest BCUT2D eigenvalue weighted by Gasteiger charge is -2.43. The third-order valence-electron chi connectivity index (χ3n) is 3.62. The summed E-state index contributed by atoms with van der Waals surface area (Å²) in [4.78, 5) is 12.9. The number of nitrogens with zero attached hydrogens (tertiary/aromatic N) is 2. The Morgan fingerprint density at radius 1 is 1.56 bits per heavy atom. The summed E-state index contributed by atoms with van der Waals surface area (Å²) in [5.41, 5.74) is 2.64. The molecule has 0 bridgehead atoms. The van der Waals surface area contributed by atoms with Gasteiger partial charge >= 0.3 is 5.97 Å². The van der Waals surface area contributed by atoms with E-state index >= 15 is 0 Å². The molecule has 4 heteroatoms. The first-order chi connectivity index (χ1) is 8.52. The lowest BCUT2D eigenvalue weighted by molar-refractivity contribution is -0.143. The first-order valence-corrected chi connectivity index (χ1v) is 6.01. The number of hydrogen-bond acceptors (Lipinski definition) is 3. The Kier molecular flexibility index (Phi) is 3.24. The van der Waals surface area contributed by atoms with Gasteiger partial charge in [0.25, 0.3) is 0 Å². The molecule has 0 aromatic heterocycles. The number of hydrogen-bond donors (Lipinski definition) is 1. The number of rotatable bonds is 3. The Labute approximate surface area is 106 Å². The number of anilines is 1. The second-order valence-electron chi connectivity index (χ2n) is 4.92. The van der Waals surface area contributed by atoms with E-state index in [1.807, 2.05) is 25.1 Å². The van der Waals surface area contributed by atoms with Crippen LogP contribution in [0.5, 0.6) is 0 Å². The summed E-state index contributed by atoms with van der Waals surface area (Å²) in [5, 5.41) is 18.0. The normalized spacial score (nSPS) is 16.8.